The quantitative estimate of drug-likeness (QED) is 0.771. The Labute approximate surface area is 99.3 Å². The molecular formula is C13H26N2O. The zero-order chi connectivity index (χ0) is 11.6. The summed E-state index contributed by atoms with van der Waals surface area (Å²) in [4.78, 5) is 2.40. The highest BCUT2D eigenvalue weighted by Gasteiger charge is 2.39. The van der Waals surface area contributed by atoms with Gasteiger partial charge in [-0.05, 0) is 51.5 Å². The molecule has 0 aromatic rings. The lowest BCUT2D eigenvalue weighted by atomic mass is 9.95. The standard InChI is InChI=1S/C13H26N2O/c1-13(14,12-5-6-12)10-15(2)8-11-4-3-7-16-9-11/h11-12H,3-10,14H2,1-2H3. The van der Waals surface area contributed by atoms with Crippen LogP contribution < -0.4 is 5.73 Å². The molecule has 1 aliphatic carbocycles. The van der Waals surface area contributed by atoms with Crippen molar-refractivity contribution in [2.45, 2.75) is 38.1 Å². The average molecular weight is 226 g/mol. The van der Waals surface area contributed by atoms with Crippen molar-refractivity contribution in [3.05, 3.63) is 0 Å². The van der Waals surface area contributed by atoms with Crippen LogP contribution in [0.1, 0.15) is 32.6 Å². The molecule has 3 heteroatoms. The minimum absolute atomic E-state index is 0.0181. The van der Waals surface area contributed by atoms with Crippen LogP contribution in [-0.2, 0) is 4.74 Å². The van der Waals surface area contributed by atoms with E-state index in [1.807, 2.05) is 0 Å². The fraction of sp³-hybridized carbons (Fsp3) is 1.00. The Balaban J connectivity index is 1.72. The number of hydrogen-bond acceptors (Lipinski definition) is 3. The van der Waals surface area contributed by atoms with Gasteiger partial charge in [-0.2, -0.15) is 0 Å². The highest BCUT2D eigenvalue weighted by atomic mass is 16.5. The van der Waals surface area contributed by atoms with Gasteiger partial charge in [0.2, 0.25) is 0 Å². The third-order valence-corrected chi connectivity index (χ3v) is 3.95. The van der Waals surface area contributed by atoms with Crippen LogP contribution in [-0.4, -0.2) is 43.8 Å². The normalized spacial score (nSPS) is 30.4. The van der Waals surface area contributed by atoms with E-state index < -0.39 is 0 Å². The van der Waals surface area contributed by atoms with Gasteiger partial charge >= 0.3 is 0 Å². The molecule has 0 amide bonds. The average Bonchev–Trinajstić information content (AvgIpc) is 3.01. The van der Waals surface area contributed by atoms with E-state index in [4.69, 9.17) is 10.5 Å². The molecule has 2 atom stereocenters. The van der Waals surface area contributed by atoms with Crippen molar-refractivity contribution < 1.29 is 4.74 Å². The summed E-state index contributed by atoms with van der Waals surface area (Å²) in [6, 6.07) is 0. The van der Waals surface area contributed by atoms with Crippen molar-refractivity contribution in [2.24, 2.45) is 17.6 Å². The van der Waals surface area contributed by atoms with E-state index in [0.29, 0.717) is 5.92 Å². The van der Waals surface area contributed by atoms with Gasteiger partial charge in [0.15, 0.2) is 0 Å². The van der Waals surface area contributed by atoms with E-state index in [-0.39, 0.29) is 5.54 Å². The second kappa shape index (κ2) is 5.03. The van der Waals surface area contributed by atoms with Crippen molar-refractivity contribution in [1.82, 2.24) is 4.90 Å². The zero-order valence-corrected chi connectivity index (χ0v) is 10.7. The van der Waals surface area contributed by atoms with Gasteiger partial charge in [-0.1, -0.05) is 0 Å². The Hall–Kier alpha value is -0.120. The molecule has 0 bridgehead atoms. The van der Waals surface area contributed by atoms with Crippen LogP contribution in [0.5, 0.6) is 0 Å². The van der Waals surface area contributed by atoms with Crippen LogP contribution in [0, 0.1) is 11.8 Å². The SMILES string of the molecule is CN(CC1CCCOC1)CC(C)(N)C1CC1. The number of nitrogens with zero attached hydrogens (tertiary/aromatic N) is 1. The predicted octanol–water partition coefficient (Wildman–Crippen LogP) is 1.47. The Morgan fingerprint density at radius 2 is 2.12 bits per heavy atom. The number of rotatable bonds is 5. The van der Waals surface area contributed by atoms with Crippen molar-refractivity contribution in [3.8, 4) is 0 Å². The van der Waals surface area contributed by atoms with Gasteiger partial charge in [-0.15, -0.1) is 0 Å². The summed E-state index contributed by atoms with van der Waals surface area (Å²) in [6.45, 7) is 6.26. The van der Waals surface area contributed by atoms with Crippen molar-refractivity contribution in [2.75, 3.05) is 33.4 Å². The number of nitrogens with two attached hydrogens (primary N) is 1. The second-order valence-electron chi connectivity index (χ2n) is 6.06. The van der Waals surface area contributed by atoms with Crippen LogP contribution in [0.4, 0.5) is 0 Å². The summed E-state index contributed by atoms with van der Waals surface area (Å²) in [6.07, 6.45) is 5.19. The molecule has 2 aliphatic rings. The molecule has 0 aromatic heterocycles. The molecule has 1 heterocycles. The molecule has 2 fully saturated rings. The van der Waals surface area contributed by atoms with Gasteiger partial charge < -0.3 is 15.4 Å². The molecule has 2 N–H and O–H groups in total. The summed E-state index contributed by atoms with van der Waals surface area (Å²) < 4.78 is 5.51. The lowest BCUT2D eigenvalue weighted by molar-refractivity contribution is 0.0391. The first kappa shape index (κ1) is 12.3. The van der Waals surface area contributed by atoms with Crippen molar-refractivity contribution >= 4 is 0 Å². The zero-order valence-electron chi connectivity index (χ0n) is 10.7. The molecular weight excluding hydrogens is 200 g/mol. The Morgan fingerprint density at radius 1 is 1.38 bits per heavy atom. The Bertz CT molecular complexity index is 220. The van der Waals surface area contributed by atoms with Gasteiger partial charge in [-0.3, -0.25) is 0 Å². The summed E-state index contributed by atoms with van der Waals surface area (Å²) >= 11 is 0. The van der Waals surface area contributed by atoms with E-state index in [9.17, 15) is 0 Å². The maximum Gasteiger partial charge on any atom is 0.0506 e. The van der Waals surface area contributed by atoms with Gasteiger partial charge in [-0.25, -0.2) is 0 Å². The highest BCUT2D eigenvalue weighted by molar-refractivity contribution is 4.97. The summed E-state index contributed by atoms with van der Waals surface area (Å²) in [5.41, 5.74) is 6.37. The molecule has 16 heavy (non-hydrogen) atoms. The third kappa shape index (κ3) is 3.44. The third-order valence-electron chi connectivity index (χ3n) is 3.95. The largest absolute Gasteiger partial charge is 0.381 e. The second-order valence-corrected chi connectivity index (χ2v) is 6.06. The minimum Gasteiger partial charge on any atom is -0.381 e. The first-order valence-corrected chi connectivity index (χ1v) is 6.63. The fourth-order valence-corrected chi connectivity index (χ4v) is 2.91. The van der Waals surface area contributed by atoms with Gasteiger partial charge in [0, 0.05) is 25.2 Å². The molecule has 0 aromatic carbocycles. The number of ether oxygens (including phenoxy) is 1. The molecule has 0 radical (unpaired) electrons. The van der Waals surface area contributed by atoms with Crippen LogP contribution in [0.15, 0.2) is 0 Å². The highest BCUT2D eigenvalue weighted by Crippen LogP contribution is 2.38. The van der Waals surface area contributed by atoms with E-state index >= 15 is 0 Å². The van der Waals surface area contributed by atoms with E-state index in [1.54, 1.807) is 0 Å². The predicted molar refractivity (Wildman–Crippen MR) is 66.4 cm³/mol. The summed E-state index contributed by atoms with van der Waals surface area (Å²) in [5.74, 6) is 1.48. The maximum absolute atomic E-state index is 6.36. The first-order chi connectivity index (χ1) is 7.58. The molecule has 1 saturated carbocycles. The first-order valence-electron chi connectivity index (χ1n) is 6.63. The van der Waals surface area contributed by atoms with E-state index in [0.717, 1.165) is 32.2 Å². The van der Waals surface area contributed by atoms with Gasteiger partial charge in [0.1, 0.15) is 0 Å². The lowest BCUT2D eigenvalue weighted by Crippen LogP contribution is -2.49. The summed E-state index contributed by atoms with van der Waals surface area (Å²) in [7, 11) is 2.20. The molecule has 2 rings (SSSR count). The van der Waals surface area contributed by atoms with Crippen LogP contribution >= 0.6 is 0 Å². The van der Waals surface area contributed by atoms with Crippen LogP contribution in [0.3, 0.4) is 0 Å². The van der Waals surface area contributed by atoms with E-state index in [2.05, 4.69) is 18.9 Å². The number of likely N-dealkylation sites (N-methyl/N-ethyl adjacent to an activating group) is 1. The molecule has 3 nitrogen and oxygen atoms in total. The van der Waals surface area contributed by atoms with Crippen LogP contribution in [0.2, 0.25) is 0 Å². The molecule has 2 unspecified atom stereocenters. The Kier molecular flexibility index (Phi) is 3.88. The minimum atomic E-state index is 0.0181. The molecule has 1 aliphatic heterocycles. The lowest BCUT2D eigenvalue weighted by Gasteiger charge is -2.33. The smallest absolute Gasteiger partial charge is 0.0506 e. The molecule has 0 spiro atoms. The van der Waals surface area contributed by atoms with Gasteiger partial charge in [0.05, 0.1) is 6.61 Å². The Morgan fingerprint density at radius 3 is 2.69 bits per heavy atom. The van der Waals surface area contributed by atoms with Crippen molar-refractivity contribution in [3.63, 3.8) is 0 Å². The van der Waals surface area contributed by atoms with Crippen molar-refractivity contribution in [1.29, 1.82) is 0 Å². The van der Waals surface area contributed by atoms with E-state index in [1.165, 1.54) is 25.7 Å². The van der Waals surface area contributed by atoms with Gasteiger partial charge in [0.25, 0.3) is 0 Å². The molecule has 1 saturated heterocycles. The molecule has 94 valence electrons. The maximum atomic E-state index is 6.36. The summed E-state index contributed by atoms with van der Waals surface area (Å²) in [5, 5.41) is 0. The fourth-order valence-electron chi connectivity index (χ4n) is 2.91. The topological polar surface area (TPSA) is 38.5 Å². The monoisotopic (exact) mass is 226 g/mol. The number of hydrogen-bond donors (Lipinski definition) is 1. The van der Waals surface area contributed by atoms with Crippen LogP contribution in [0.25, 0.3) is 0 Å².